The highest BCUT2D eigenvalue weighted by Crippen LogP contribution is 2.34. The molecule has 2 heterocycles. The van der Waals surface area contributed by atoms with Gasteiger partial charge in [-0.2, -0.15) is 9.38 Å². The number of benzene rings is 1. The second-order valence-electron chi connectivity index (χ2n) is 3.95. The van der Waals surface area contributed by atoms with Crippen molar-refractivity contribution in [3.63, 3.8) is 0 Å². The van der Waals surface area contributed by atoms with E-state index >= 15 is 0 Å². The van der Waals surface area contributed by atoms with E-state index in [1.165, 1.54) is 4.40 Å². The van der Waals surface area contributed by atoms with Gasteiger partial charge in [-0.05, 0) is 17.1 Å². The number of hydrogen-bond donors (Lipinski definition) is 0. The fourth-order valence-corrected chi connectivity index (χ4v) is 2.46. The van der Waals surface area contributed by atoms with Gasteiger partial charge in [-0.1, -0.05) is 40.2 Å². The maximum Gasteiger partial charge on any atom is 0.355 e. The van der Waals surface area contributed by atoms with Gasteiger partial charge in [0.15, 0.2) is 5.69 Å². The molecular formula is C13H8BrN3O2. The van der Waals surface area contributed by atoms with Gasteiger partial charge in [0.05, 0.1) is 6.20 Å². The Kier molecular flexibility index (Phi) is 2.79. The highest BCUT2D eigenvalue weighted by molar-refractivity contribution is 9.10. The van der Waals surface area contributed by atoms with E-state index in [0.29, 0.717) is 16.9 Å². The van der Waals surface area contributed by atoms with E-state index in [0.717, 1.165) is 4.47 Å². The van der Waals surface area contributed by atoms with Crippen LogP contribution in [-0.4, -0.2) is 14.3 Å². The van der Waals surface area contributed by atoms with Crippen LogP contribution in [0.3, 0.4) is 0 Å². The van der Waals surface area contributed by atoms with E-state index in [1.807, 2.05) is 18.2 Å². The zero-order chi connectivity index (χ0) is 13.4. The van der Waals surface area contributed by atoms with E-state index in [4.69, 9.17) is 0 Å². The lowest BCUT2D eigenvalue weighted by atomic mass is 10.1. The Morgan fingerprint density at radius 2 is 1.89 bits per heavy atom. The normalized spacial score (nSPS) is 10.8. The summed E-state index contributed by atoms with van der Waals surface area (Å²) in [5.41, 5.74) is 1.63. The molecule has 6 heteroatoms. The number of fused-ring (bicyclic) bond motifs is 1. The van der Waals surface area contributed by atoms with E-state index in [9.17, 15) is 10.1 Å². The van der Waals surface area contributed by atoms with Gasteiger partial charge in [-0.3, -0.25) is 0 Å². The summed E-state index contributed by atoms with van der Waals surface area (Å²) in [5, 5.41) is 11.3. The van der Waals surface area contributed by atoms with Gasteiger partial charge >= 0.3 is 5.82 Å². The molecule has 0 aliphatic heterocycles. The maximum atomic E-state index is 11.3. The molecule has 0 atom stereocenters. The lowest BCUT2D eigenvalue weighted by Gasteiger charge is -2.01. The monoisotopic (exact) mass is 317 g/mol. The standard InChI is InChI=1S/C13H8BrN3O2/c14-10-6-2-1-5-9(10)12-13(17(18)19)16-8-4-3-7-11(16)15-12/h1-8H. The third kappa shape index (κ3) is 1.90. The molecule has 0 spiro atoms. The smallest absolute Gasteiger partial charge is 0.355 e. The molecule has 0 bridgehead atoms. The van der Waals surface area contributed by atoms with Crippen molar-refractivity contribution < 1.29 is 4.92 Å². The summed E-state index contributed by atoms with van der Waals surface area (Å²) in [6.45, 7) is 0. The molecule has 94 valence electrons. The molecule has 0 unspecified atom stereocenters. The van der Waals surface area contributed by atoms with Crippen LogP contribution in [0.2, 0.25) is 0 Å². The Hall–Kier alpha value is -2.21. The second-order valence-corrected chi connectivity index (χ2v) is 4.80. The lowest BCUT2D eigenvalue weighted by molar-refractivity contribution is -0.389. The van der Waals surface area contributed by atoms with Gasteiger partial charge in [0.1, 0.15) is 0 Å². The molecule has 0 amide bonds. The van der Waals surface area contributed by atoms with Crippen LogP contribution in [0.1, 0.15) is 0 Å². The molecular weight excluding hydrogens is 310 g/mol. The predicted octanol–water partition coefficient (Wildman–Crippen LogP) is 3.67. The minimum absolute atomic E-state index is 0.0255. The molecule has 0 radical (unpaired) electrons. The Morgan fingerprint density at radius 1 is 1.16 bits per heavy atom. The molecule has 0 saturated carbocycles. The first kappa shape index (κ1) is 11.9. The van der Waals surface area contributed by atoms with Crippen LogP contribution in [0.25, 0.3) is 16.9 Å². The Morgan fingerprint density at radius 3 is 2.63 bits per heavy atom. The lowest BCUT2D eigenvalue weighted by Crippen LogP contribution is -1.95. The molecule has 0 saturated heterocycles. The van der Waals surface area contributed by atoms with Crippen molar-refractivity contribution in [2.45, 2.75) is 0 Å². The van der Waals surface area contributed by atoms with Crippen molar-refractivity contribution in [2.24, 2.45) is 0 Å². The van der Waals surface area contributed by atoms with Gasteiger partial charge in [-0.25, -0.2) is 0 Å². The first-order chi connectivity index (χ1) is 9.18. The number of aromatic nitrogens is 2. The van der Waals surface area contributed by atoms with Gasteiger partial charge in [0.25, 0.3) is 0 Å². The first-order valence-corrected chi connectivity index (χ1v) is 6.34. The van der Waals surface area contributed by atoms with Crippen LogP contribution in [0.15, 0.2) is 53.1 Å². The molecule has 0 aliphatic rings. The Bertz CT molecular complexity index is 782. The average molecular weight is 318 g/mol. The van der Waals surface area contributed by atoms with Crippen LogP contribution in [0.5, 0.6) is 0 Å². The van der Waals surface area contributed by atoms with Gasteiger partial charge in [0, 0.05) is 16.1 Å². The van der Waals surface area contributed by atoms with Crippen LogP contribution in [0.4, 0.5) is 5.82 Å². The van der Waals surface area contributed by atoms with Crippen LogP contribution in [-0.2, 0) is 0 Å². The van der Waals surface area contributed by atoms with Crippen molar-refractivity contribution in [1.82, 2.24) is 9.38 Å². The summed E-state index contributed by atoms with van der Waals surface area (Å²) >= 11 is 3.40. The summed E-state index contributed by atoms with van der Waals surface area (Å²) in [4.78, 5) is 15.3. The highest BCUT2D eigenvalue weighted by Gasteiger charge is 2.24. The fraction of sp³-hybridized carbons (Fsp3) is 0. The third-order valence-corrected chi connectivity index (χ3v) is 3.50. The van der Waals surface area contributed by atoms with Gasteiger partial charge < -0.3 is 10.1 Å². The molecule has 0 aliphatic carbocycles. The summed E-state index contributed by atoms with van der Waals surface area (Å²) in [5.74, 6) is -0.0255. The third-order valence-electron chi connectivity index (χ3n) is 2.81. The maximum absolute atomic E-state index is 11.3. The number of nitrogens with zero attached hydrogens (tertiary/aromatic N) is 3. The van der Waals surface area contributed by atoms with Gasteiger partial charge in [-0.15, -0.1) is 0 Å². The number of rotatable bonds is 2. The van der Waals surface area contributed by atoms with Crippen molar-refractivity contribution in [3.05, 3.63) is 63.2 Å². The van der Waals surface area contributed by atoms with Crippen LogP contribution < -0.4 is 0 Å². The summed E-state index contributed by atoms with van der Waals surface area (Å²) in [6, 6.07) is 12.6. The molecule has 19 heavy (non-hydrogen) atoms. The van der Waals surface area contributed by atoms with Crippen molar-refractivity contribution in [3.8, 4) is 11.3 Å². The van der Waals surface area contributed by atoms with E-state index in [-0.39, 0.29) is 5.82 Å². The molecule has 3 rings (SSSR count). The molecule has 2 aromatic heterocycles. The molecule has 0 fully saturated rings. The molecule has 3 aromatic rings. The SMILES string of the molecule is O=[N+]([O-])c1c(-c2ccccc2Br)nc2ccccn12. The van der Waals surface area contributed by atoms with E-state index < -0.39 is 4.92 Å². The summed E-state index contributed by atoms with van der Waals surface area (Å²) in [6.07, 6.45) is 1.64. The largest absolute Gasteiger partial charge is 0.358 e. The molecule has 5 nitrogen and oxygen atoms in total. The van der Waals surface area contributed by atoms with Crippen molar-refractivity contribution in [1.29, 1.82) is 0 Å². The number of hydrogen-bond acceptors (Lipinski definition) is 3. The van der Waals surface area contributed by atoms with Gasteiger partial charge in [0.2, 0.25) is 5.65 Å². The fourth-order valence-electron chi connectivity index (χ4n) is 1.99. The zero-order valence-electron chi connectivity index (χ0n) is 9.65. The predicted molar refractivity (Wildman–Crippen MR) is 75.0 cm³/mol. The van der Waals surface area contributed by atoms with Crippen LogP contribution >= 0.6 is 15.9 Å². The van der Waals surface area contributed by atoms with Crippen molar-refractivity contribution in [2.75, 3.05) is 0 Å². The number of nitro groups is 1. The minimum Gasteiger partial charge on any atom is -0.358 e. The average Bonchev–Trinajstić information content (AvgIpc) is 2.78. The molecule has 1 aromatic carbocycles. The van der Waals surface area contributed by atoms with E-state index in [2.05, 4.69) is 20.9 Å². The summed E-state index contributed by atoms with van der Waals surface area (Å²) < 4.78 is 2.26. The Labute approximate surface area is 116 Å². The zero-order valence-corrected chi connectivity index (χ0v) is 11.2. The highest BCUT2D eigenvalue weighted by atomic mass is 79.9. The molecule has 0 N–H and O–H groups in total. The number of pyridine rings is 1. The second kappa shape index (κ2) is 4.47. The number of imidazole rings is 1. The van der Waals surface area contributed by atoms with Crippen LogP contribution in [0, 0.1) is 10.1 Å². The Balaban J connectivity index is 2.38. The topological polar surface area (TPSA) is 60.4 Å². The number of halogens is 1. The van der Waals surface area contributed by atoms with E-state index in [1.54, 1.807) is 30.5 Å². The quantitative estimate of drug-likeness (QED) is 0.535. The van der Waals surface area contributed by atoms with Crippen molar-refractivity contribution >= 4 is 27.4 Å². The first-order valence-electron chi connectivity index (χ1n) is 5.55. The summed E-state index contributed by atoms with van der Waals surface area (Å²) in [7, 11) is 0. The minimum atomic E-state index is -0.408.